The number of carbonyl (C=O) groups excluding carboxylic acids is 2. The molecule has 0 atom stereocenters. The maximum atomic E-state index is 12.3. The largest absolute Gasteiger partial charge is 0.481 e. The van der Waals surface area contributed by atoms with E-state index in [2.05, 4.69) is 0 Å². The third-order valence-electron chi connectivity index (χ3n) is 4.05. The average molecular weight is 423 g/mol. The molecule has 0 bridgehead atoms. The van der Waals surface area contributed by atoms with E-state index >= 15 is 0 Å². The molecule has 148 valence electrons. The fourth-order valence-electron chi connectivity index (χ4n) is 2.56. The average Bonchev–Trinajstić information content (AvgIpc) is 2.66. The van der Waals surface area contributed by atoms with E-state index in [1.165, 1.54) is 0 Å². The highest BCUT2D eigenvalue weighted by Crippen LogP contribution is 2.30. The molecule has 2 rings (SSSR count). The van der Waals surface area contributed by atoms with E-state index in [1.54, 1.807) is 24.3 Å². The third kappa shape index (κ3) is 6.98. The SMILES string of the molecule is O=C(O)CCC(=O)OCCCCC(=O)c1ccc(-c2ccc(Cl)cc2Cl)cc1. The molecule has 0 aliphatic rings. The van der Waals surface area contributed by atoms with Gasteiger partial charge in [0.1, 0.15) is 0 Å². The molecular weight excluding hydrogens is 403 g/mol. The van der Waals surface area contributed by atoms with Gasteiger partial charge < -0.3 is 9.84 Å². The highest BCUT2D eigenvalue weighted by molar-refractivity contribution is 6.36. The number of esters is 1. The summed E-state index contributed by atoms with van der Waals surface area (Å²) >= 11 is 12.1. The molecule has 0 aliphatic heterocycles. The second kappa shape index (κ2) is 10.8. The molecule has 0 spiro atoms. The van der Waals surface area contributed by atoms with E-state index in [4.69, 9.17) is 33.0 Å². The topological polar surface area (TPSA) is 80.7 Å². The number of unbranched alkanes of at least 4 members (excludes halogenated alkanes) is 1. The lowest BCUT2D eigenvalue weighted by Crippen LogP contribution is -2.08. The summed E-state index contributed by atoms with van der Waals surface area (Å²) in [5, 5.41) is 9.60. The van der Waals surface area contributed by atoms with E-state index in [0.29, 0.717) is 34.9 Å². The normalized spacial score (nSPS) is 10.5. The highest BCUT2D eigenvalue weighted by atomic mass is 35.5. The summed E-state index contributed by atoms with van der Waals surface area (Å²) in [6.07, 6.45) is 1.08. The lowest BCUT2D eigenvalue weighted by Gasteiger charge is -2.07. The number of halogens is 2. The van der Waals surface area contributed by atoms with Crippen LogP contribution in [0.4, 0.5) is 0 Å². The number of hydrogen-bond acceptors (Lipinski definition) is 4. The van der Waals surface area contributed by atoms with Crippen LogP contribution in [0.1, 0.15) is 42.5 Å². The molecule has 0 saturated heterocycles. The number of ketones is 1. The molecule has 0 unspecified atom stereocenters. The first-order valence-corrected chi connectivity index (χ1v) is 9.58. The maximum Gasteiger partial charge on any atom is 0.306 e. The summed E-state index contributed by atoms with van der Waals surface area (Å²) in [6.45, 7) is 0.180. The zero-order valence-electron chi connectivity index (χ0n) is 15.1. The third-order valence-corrected chi connectivity index (χ3v) is 4.60. The molecule has 5 nitrogen and oxygen atoms in total. The van der Waals surface area contributed by atoms with Gasteiger partial charge in [-0.05, 0) is 30.5 Å². The monoisotopic (exact) mass is 422 g/mol. The molecular formula is C21H20Cl2O5. The van der Waals surface area contributed by atoms with Crippen LogP contribution in [0.2, 0.25) is 10.0 Å². The first kappa shape index (κ1) is 21.9. The van der Waals surface area contributed by atoms with E-state index in [-0.39, 0.29) is 25.2 Å². The smallest absolute Gasteiger partial charge is 0.306 e. The summed E-state index contributed by atoms with van der Waals surface area (Å²) in [5.74, 6) is -1.57. The molecule has 2 aromatic rings. The zero-order valence-corrected chi connectivity index (χ0v) is 16.6. The quantitative estimate of drug-likeness (QED) is 0.314. The molecule has 0 radical (unpaired) electrons. The van der Waals surface area contributed by atoms with E-state index in [1.807, 2.05) is 18.2 Å². The summed E-state index contributed by atoms with van der Waals surface area (Å²) in [6, 6.07) is 12.5. The fourth-order valence-corrected chi connectivity index (χ4v) is 3.08. The van der Waals surface area contributed by atoms with Crippen LogP contribution in [0.3, 0.4) is 0 Å². The van der Waals surface area contributed by atoms with Crippen molar-refractivity contribution < 1.29 is 24.2 Å². The van der Waals surface area contributed by atoms with Gasteiger partial charge in [0, 0.05) is 27.6 Å². The number of hydrogen-bond donors (Lipinski definition) is 1. The Bertz CT molecular complexity index is 846. The summed E-state index contributed by atoms with van der Waals surface area (Å²) < 4.78 is 4.93. The molecule has 7 heteroatoms. The van der Waals surface area contributed by atoms with Crippen LogP contribution in [0, 0.1) is 0 Å². The van der Waals surface area contributed by atoms with Crippen LogP contribution in [0.25, 0.3) is 11.1 Å². The lowest BCUT2D eigenvalue weighted by molar-refractivity contribution is -0.147. The Balaban J connectivity index is 1.77. The van der Waals surface area contributed by atoms with Crippen molar-refractivity contribution >= 4 is 40.9 Å². The van der Waals surface area contributed by atoms with Crippen LogP contribution in [-0.4, -0.2) is 29.4 Å². The van der Waals surface area contributed by atoms with Crippen molar-refractivity contribution in [1.29, 1.82) is 0 Å². The molecule has 1 N–H and O–H groups in total. The Morgan fingerprint density at radius 3 is 2.25 bits per heavy atom. The van der Waals surface area contributed by atoms with Crippen LogP contribution in [-0.2, 0) is 14.3 Å². The Hall–Kier alpha value is -2.37. The molecule has 0 heterocycles. The summed E-state index contributed by atoms with van der Waals surface area (Å²) in [7, 11) is 0. The van der Waals surface area contributed by atoms with E-state index in [9.17, 15) is 14.4 Å². The number of benzene rings is 2. The molecule has 28 heavy (non-hydrogen) atoms. The van der Waals surface area contributed by atoms with Gasteiger partial charge in [-0.1, -0.05) is 53.5 Å². The molecule has 2 aromatic carbocycles. The summed E-state index contributed by atoms with van der Waals surface area (Å²) in [4.78, 5) is 33.9. The molecule has 0 amide bonds. The fraction of sp³-hybridized carbons (Fsp3) is 0.286. The Kier molecular flexibility index (Phi) is 8.48. The lowest BCUT2D eigenvalue weighted by atomic mass is 10.0. The Morgan fingerprint density at radius 1 is 0.893 bits per heavy atom. The number of carboxylic acid groups (broad SMARTS) is 1. The minimum atomic E-state index is -1.04. The molecule has 0 saturated carbocycles. The van der Waals surface area contributed by atoms with Gasteiger partial charge in [-0.2, -0.15) is 0 Å². The van der Waals surface area contributed by atoms with Crippen molar-refractivity contribution in [3.8, 4) is 11.1 Å². The first-order valence-electron chi connectivity index (χ1n) is 8.83. The van der Waals surface area contributed by atoms with Gasteiger partial charge in [-0.15, -0.1) is 0 Å². The van der Waals surface area contributed by atoms with Crippen molar-refractivity contribution in [3.05, 3.63) is 58.1 Å². The van der Waals surface area contributed by atoms with Crippen molar-refractivity contribution in [3.63, 3.8) is 0 Å². The van der Waals surface area contributed by atoms with Crippen molar-refractivity contribution in [2.45, 2.75) is 32.1 Å². The Morgan fingerprint density at radius 2 is 1.61 bits per heavy atom. The van der Waals surface area contributed by atoms with Gasteiger partial charge >= 0.3 is 11.9 Å². The van der Waals surface area contributed by atoms with Crippen LogP contribution >= 0.6 is 23.2 Å². The Labute approximate surface area is 173 Å². The summed E-state index contributed by atoms with van der Waals surface area (Å²) in [5.41, 5.74) is 2.34. The number of rotatable bonds is 10. The number of Topliss-reactive ketones (excluding diaryl/α,β-unsaturated/α-hetero) is 1. The predicted molar refractivity (Wildman–Crippen MR) is 108 cm³/mol. The van der Waals surface area contributed by atoms with E-state index < -0.39 is 11.9 Å². The molecule has 0 aliphatic carbocycles. The second-order valence-electron chi connectivity index (χ2n) is 6.20. The van der Waals surface area contributed by atoms with E-state index in [0.717, 1.165) is 11.1 Å². The second-order valence-corrected chi connectivity index (χ2v) is 7.04. The predicted octanol–water partition coefficient (Wildman–Crippen LogP) is 5.42. The van der Waals surface area contributed by atoms with Gasteiger partial charge in [-0.25, -0.2) is 0 Å². The maximum absolute atomic E-state index is 12.3. The number of aliphatic carboxylic acids is 1. The van der Waals surface area contributed by atoms with Crippen molar-refractivity contribution in [2.24, 2.45) is 0 Å². The van der Waals surface area contributed by atoms with Crippen molar-refractivity contribution in [2.75, 3.05) is 6.61 Å². The van der Waals surface area contributed by atoms with Gasteiger partial charge in [0.05, 0.1) is 19.4 Å². The number of ether oxygens (including phenoxy) is 1. The van der Waals surface area contributed by atoms with Crippen LogP contribution in [0.5, 0.6) is 0 Å². The standard InChI is InChI=1S/C21H20Cl2O5/c22-16-8-9-17(18(23)13-16)14-4-6-15(7-5-14)19(24)3-1-2-12-28-21(27)11-10-20(25)26/h4-9,13H,1-3,10-12H2,(H,25,26). The van der Waals surface area contributed by atoms with Crippen LogP contribution in [0.15, 0.2) is 42.5 Å². The highest BCUT2D eigenvalue weighted by Gasteiger charge is 2.09. The zero-order chi connectivity index (χ0) is 20.5. The van der Waals surface area contributed by atoms with Gasteiger partial charge in [0.2, 0.25) is 0 Å². The molecule has 0 fully saturated rings. The number of carboxylic acids is 1. The first-order chi connectivity index (χ1) is 13.4. The minimum Gasteiger partial charge on any atom is -0.481 e. The molecule has 0 aromatic heterocycles. The number of carbonyl (C=O) groups is 3. The van der Waals surface area contributed by atoms with Gasteiger partial charge in [0.15, 0.2) is 5.78 Å². The van der Waals surface area contributed by atoms with Gasteiger partial charge in [0.25, 0.3) is 0 Å². The van der Waals surface area contributed by atoms with Crippen molar-refractivity contribution in [1.82, 2.24) is 0 Å². The minimum absolute atomic E-state index is 0.00552. The van der Waals surface area contributed by atoms with Crippen LogP contribution < -0.4 is 0 Å². The van der Waals surface area contributed by atoms with Gasteiger partial charge in [-0.3, -0.25) is 14.4 Å².